The smallest absolute Gasteiger partial charge is 0.339 e. The van der Waals surface area contributed by atoms with Crippen molar-refractivity contribution in [3.8, 4) is 0 Å². The Morgan fingerprint density at radius 1 is 1.23 bits per heavy atom. The second kappa shape index (κ2) is 5.40. The van der Waals surface area contributed by atoms with Gasteiger partial charge in [0, 0.05) is 11.1 Å². The summed E-state index contributed by atoms with van der Waals surface area (Å²) < 4.78 is 19.0. The van der Waals surface area contributed by atoms with Crippen molar-refractivity contribution >= 4 is 17.6 Å². The molecule has 0 spiro atoms. The summed E-state index contributed by atoms with van der Waals surface area (Å²) in [4.78, 5) is 12.3. The predicted octanol–water partition coefficient (Wildman–Crippen LogP) is 4.57. The molecule has 0 bridgehead atoms. The molecule has 1 heterocycles. The molecule has 4 heteroatoms. The maximum atomic E-state index is 13.3. The summed E-state index contributed by atoms with van der Waals surface area (Å²) in [7, 11) is 0. The fraction of sp³-hybridized carbons (Fsp3) is 0.278. The summed E-state index contributed by atoms with van der Waals surface area (Å²) >= 11 is 6.58. The van der Waals surface area contributed by atoms with E-state index in [-0.39, 0.29) is 5.82 Å². The standard InChI is InChI=1S/C18H16ClFO2/c1-3-16(19)18(12-5-7-13(20)8-6-12)15-10-11(2)4-9-14(15)17(21)22-18/h4-10,16H,3H2,1-2H3. The number of alkyl halides is 1. The van der Waals surface area contributed by atoms with E-state index in [1.807, 2.05) is 26.0 Å². The molecule has 1 aliphatic heterocycles. The molecule has 2 aromatic rings. The SMILES string of the molecule is CCC(Cl)C1(c2ccc(F)cc2)OC(=O)c2ccc(C)cc21. The third kappa shape index (κ3) is 2.12. The van der Waals surface area contributed by atoms with Crippen molar-refractivity contribution in [2.24, 2.45) is 0 Å². The van der Waals surface area contributed by atoms with Crippen LogP contribution in [0.1, 0.15) is 40.4 Å². The number of rotatable bonds is 3. The van der Waals surface area contributed by atoms with Crippen LogP contribution in [0, 0.1) is 12.7 Å². The van der Waals surface area contributed by atoms with E-state index in [0.717, 1.165) is 11.1 Å². The number of ether oxygens (including phenoxy) is 1. The Bertz CT molecular complexity index is 726. The van der Waals surface area contributed by atoms with E-state index in [0.29, 0.717) is 17.5 Å². The summed E-state index contributed by atoms with van der Waals surface area (Å²) in [5.74, 6) is -0.728. The van der Waals surface area contributed by atoms with E-state index in [1.54, 1.807) is 18.2 Å². The van der Waals surface area contributed by atoms with Crippen LogP contribution in [0.3, 0.4) is 0 Å². The minimum Gasteiger partial charge on any atom is -0.444 e. The van der Waals surface area contributed by atoms with Gasteiger partial charge in [0.25, 0.3) is 0 Å². The minimum absolute atomic E-state index is 0.338. The molecule has 22 heavy (non-hydrogen) atoms. The van der Waals surface area contributed by atoms with E-state index < -0.39 is 16.9 Å². The van der Waals surface area contributed by atoms with Crippen LogP contribution in [0.4, 0.5) is 4.39 Å². The lowest BCUT2D eigenvalue weighted by Gasteiger charge is -2.33. The molecule has 114 valence electrons. The van der Waals surface area contributed by atoms with E-state index >= 15 is 0 Å². The Labute approximate surface area is 133 Å². The molecular formula is C18H16ClFO2. The molecule has 2 unspecified atom stereocenters. The lowest BCUT2D eigenvalue weighted by atomic mass is 9.81. The highest BCUT2D eigenvalue weighted by Gasteiger charge is 2.51. The van der Waals surface area contributed by atoms with Gasteiger partial charge in [-0.1, -0.05) is 36.8 Å². The first-order valence-electron chi connectivity index (χ1n) is 7.23. The van der Waals surface area contributed by atoms with Crippen LogP contribution in [0.2, 0.25) is 0 Å². The second-order valence-electron chi connectivity index (χ2n) is 5.56. The molecule has 0 aliphatic carbocycles. The average Bonchev–Trinajstić information content (AvgIpc) is 2.80. The molecule has 0 aromatic heterocycles. The summed E-state index contributed by atoms with van der Waals surface area (Å²) in [6, 6.07) is 11.5. The number of hydrogen-bond acceptors (Lipinski definition) is 2. The van der Waals surface area contributed by atoms with E-state index in [9.17, 15) is 9.18 Å². The van der Waals surface area contributed by atoms with Crippen molar-refractivity contribution in [1.82, 2.24) is 0 Å². The monoisotopic (exact) mass is 318 g/mol. The molecule has 2 nitrogen and oxygen atoms in total. The minimum atomic E-state index is -1.07. The number of esters is 1. The maximum Gasteiger partial charge on any atom is 0.339 e. The summed E-state index contributed by atoms with van der Waals surface area (Å²) in [5.41, 5.74) is 1.92. The number of carbonyl (C=O) groups excluding carboxylic acids is 1. The van der Waals surface area contributed by atoms with Gasteiger partial charge in [-0.3, -0.25) is 0 Å². The first kappa shape index (κ1) is 15.0. The van der Waals surface area contributed by atoms with Gasteiger partial charge in [-0.25, -0.2) is 9.18 Å². The van der Waals surface area contributed by atoms with E-state index in [4.69, 9.17) is 16.3 Å². The van der Waals surface area contributed by atoms with E-state index in [2.05, 4.69) is 0 Å². The zero-order valence-electron chi connectivity index (χ0n) is 12.4. The van der Waals surface area contributed by atoms with Crippen molar-refractivity contribution in [1.29, 1.82) is 0 Å². The molecular weight excluding hydrogens is 303 g/mol. The Morgan fingerprint density at radius 2 is 1.91 bits per heavy atom. The fourth-order valence-corrected chi connectivity index (χ4v) is 3.30. The Kier molecular flexibility index (Phi) is 3.69. The van der Waals surface area contributed by atoms with Gasteiger partial charge in [0.2, 0.25) is 0 Å². The highest BCUT2D eigenvalue weighted by atomic mass is 35.5. The van der Waals surface area contributed by atoms with Gasteiger partial charge in [-0.2, -0.15) is 0 Å². The highest BCUT2D eigenvalue weighted by Crippen LogP contribution is 2.47. The number of carbonyl (C=O) groups is 1. The van der Waals surface area contributed by atoms with Gasteiger partial charge in [-0.15, -0.1) is 11.6 Å². The lowest BCUT2D eigenvalue weighted by molar-refractivity contribution is 0.00857. The third-order valence-electron chi connectivity index (χ3n) is 4.12. The zero-order chi connectivity index (χ0) is 15.9. The quantitative estimate of drug-likeness (QED) is 0.612. The van der Waals surface area contributed by atoms with Crippen LogP contribution >= 0.6 is 11.6 Å². The fourth-order valence-electron chi connectivity index (χ4n) is 3.01. The van der Waals surface area contributed by atoms with Crippen molar-refractivity contribution < 1.29 is 13.9 Å². The van der Waals surface area contributed by atoms with Crippen LogP contribution < -0.4 is 0 Å². The van der Waals surface area contributed by atoms with Gasteiger partial charge in [-0.05, 0) is 31.5 Å². The summed E-state index contributed by atoms with van der Waals surface area (Å²) in [6.45, 7) is 3.89. The lowest BCUT2D eigenvalue weighted by Crippen LogP contribution is -2.37. The Morgan fingerprint density at radius 3 is 2.55 bits per heavy atom. The Balaban J connectivity index is 2.28. The van der Waals surface area contributed by atoms with Crippen molar-refractivity contribution in [3.05, 3.63) is 70.5 Å². The van der Waals surface area contributed by atoms with Crippen molar-refractivity contribution in [3.63, 3.8) is 0 Å². The van der Waals surface area contributed by atoms with Crippen LogP contribution in [0.15, 0.2) is 42.5 Å². The average molecular weight is 319 g/mol. The van der Waals surface area contributed by atoms with Gasteiger partial charge < -0.3 is 4.74 Å². The van der Waals surface area contributed by atoms with Crippen LogP contribution in [-0.2, 0) is 10.3 Å². The van der Waals surface area contributed by atoms with Crippen LogP contribution in [0.5, 0.6) is 0 Å². The number of benzene rings is 2. The molecule has 1 aliphatic rings. The topological polar surface area (TPSA) is 26.3 Å². The van der Waals surface area contributed by atoms with Gasteiger partial charge >= 0.3 is 5.97 Å². The molecule has 2 atom stereocenters. The molecule has 2 aromatic carbocycles. The first-order valence-corrected chi connectivity index (χ1v) is 7.67. The van der Waals surface area contributed by atoms with Crippen molar-refractivity contribution in [2.45, 2.75) is 31.2 Å². The molecule has 3 rings (SSSR count). The van der Waals surface area contributed by atoms with Crippen LogP contribution in [0.25, 0.3) is 0 Å². The van der Waals surface area contributed by atoms with Gasteiger partial charge in [0.1, 0.15) is 5.82 Å². The molecule has 0 radical (unpaired) electrons. The summed E-state index contributed by atoms with van der Waals surface area (Å²) in [5, 5.41) is -0.440. The third-order valence-corrected chi connectivity index (χ3v) is 4.74. The zero-order valence-corrected chi connectivity index (χ0v) is 13.2. The van der Waals surface area contributed by atoms with Gasteiger partial charge in [0.05, 0.1) is 10.9 Å². The number of halogens is 2. The predicted molar refractivity (Wildman–Crippen MR) is 83.7 cm³/mol. The molecule has 0 saturated heterocycles. The number of hydrogen-bond donors (Lipinski definition) is 0. The largest absolute Gasteiger partial charge is 0.444 e. The number of fused-ring (bicyclic) bond motifs is 1. The van der Waals surface area contributed by atoms with Crippen LogP contribution in [-0.4, -0.2) is 11.3 Å². The normalized spacial score (nSPS) is 21.4. The maximum absolute atomic E-state index is 13.3. The van der Waals surface area contributed by atoms with E-state index in [1.165, 1.54) is 12.1 Å². The Hall–Kier alpha value is -1.87. The molecule has 0 fully saturated rings. The molecule has 0 N–H and O–H groups in total. The molecule has 0 amide bonds. The summed E-state index contributed by atoms with van der Waals surface area (Å²) in [6.07, 6.45) is 0.611. The molecule has 0 saturated carbocycles. The number of aryl methyl sites for hydroxylation is 1. The second-order valence-corrected chi connectivity index (χ2v) is 6.08. The van der Waals surface area contributed by atoms with Crippen molar-refractivity contribution in [2.75, 3.05) is 0 Å². The number of cyclic esters (lactones) is 1. The first-order chi connectivity index (χ1) is 10.5. The highest BCUT2D eigenvalue weighted by molar-refractivity contribution is 6.22. The van der Waals surface area contributed by atoms with Gasteiger partial charge in [0.15, 0.2) is 5.60 Å².